The molecule has 0 radical (unpaired) electrons. The van der Waals surface area contributed by atoms with Crippen molar-refractivity contribution < 1.29 is 18.5 Å². The maximum absolute atomic E-state index is 13.0. The Balaban J connectivity index is 3.22. The van der Waals surface area contributed by atoms with Crippen LogP contribution in [0.4, 0.5) is 14.5 Å². The molecule has 0 heterocycles. The zero-order valence-corrected chi connectivity index (χ0v) is 7.31. The highest BCUT2D eigenvalue weighted by molar-refractivity contribution is 5.80. The molecule has 0 spiro atoms. The fourth-order valence-electron chi connectivity index (χ4n) is 0.992. The molecule has 1 amide bonds. The SMILES string of the molecule is NC(=O)C(F)c1cc([N+](=O)[O-])ccc1F. The molecule has 2 N–H and O–H groups in total. The van der Waals surface area contributed by atoms with E-state index in [1.807, 2.05) is 0 Å². The number of halogens is 2. The number of non-ortho nitro benzene ring substituents is 1. The van der Waals surface area contributed by atoms with Crippen LogP contribution in [0.5, 0.6) is 0 Å². The summed E-state index contributed by atoms with van der Waals surface area (Å²) in [6.45, 7) is 0. The number of rotatable bonds is 3. The average Bonchev–Trinajstić information content (AvgIpc) is 2.16. The maximum Gasteiger partial charge on any atom is 0.270 e. The molecule has 15 heavy (non-hydrogen) atoms. The predicted molar refractivity (Wildman–Crippen MR) is 46.1 cm³/mol. The standard InChI is InChI=1S/C8H6F2N2O3/c9-6-2-1-4(12(14)15)3-5(6)7(10)8(11)13/h1-3,7H,(H2,11,13). The Morgan fingerprint density at radius 1 is 1.53 bits per heavy atom. The highest BCUT2D eigenvalue weighted by atomic mass is 19.1. The normalized spacial score (nSPS) is 12.1. The summed E-state index contributed by atoms with van der Waals surface area (Å²) in [6, 6.07) is 2.22. The van der Waals surface area contributed by atoms with E-state index in [0.717, 1.165) is 6.07 Å². The molecule has 0 saturated heterocycles. The van der Waals surface area contributed by atoms with Crippen LogP contribution in [-0.2, 0) is 4.79 Å². The van der Waals surface area contributed by atoms with Gasteiger partial charge in [-0.25, -0.2) is 8.78 Å². The van der Waals surface area contributed by atoms with Crippen LogP contribution in [0, 0.1) is 15.9 Å². The third-order valence-corrected chi connectivity index (χ3v) is 1.71. The van der Waals surface area contributed by atoms with E-state index in [9.17, 15) is 23.7 Å². The maximum atomic E-state index is 13.0. The quantitative estimate of drug-likeness (QED) is 0.608. The first-order valence-corrected chi connectivity index (χ1v) is 3.80. The van der Waals surface area contributed by atoms with E-state index >= 15 is 0 Å². The lowest BCUT2D eigenvalue weighted by Crippen LogP contribution is -2.18. The van der Waals surface area contributed by atoms with Gasteiger partial charge in [0, 0.05) is 17.7 Å². The first-order valence-electron chi connectivity index (χ1n) is 3.80. The largest absolute Gasteiger partial charge is 0.367 e. The second-order valence-corrected chi connectivity index (χ2v) is 2.73. The van der Waals surface area contributed by atoms with Gasteiger partial charge in [-0.1, -0.05) is 0 Å². The van der Waals surface area contributed by atoms with E-state index in [0.29, 0.717) is 12.1 Å². The number of nitrogens with two attached hydrogens (primary N) is 1. The van der Waals surface area contributed by atoms with Gasteiger partial charge in [0.05, 0.1) is 4.92 Å². The topological polar surface area (TPSA) is 86.2 Å². The summed E-state index contributed by atoms with van der Waals surface area (Å²) in [5.74, 6) is -2.44. The molecule has 5 nitrogen and oxygen atoms in total. The summed E-state index contributed by atoms with van der Waals surface area (Å²) in [7, 11) is 0. The van der Waals surface area contributed by atoms with Crippen LogP contribution in [0.1, 0.15) is 11.7 Å². The molecule has 0 saturated carbocycles. The number of alkyl halides is 1. The van der Waals surface area contributed by atoms with E-state index in [1.165, 1.54) is 0 Å². The minimum Gasteiger partial charge on any atom is -0.367 e. The van der Waals surface area contributed by atoms with Crippen molar-refractivity contribution in [2.45, 2.75) is 6.17 Å². The molecule has 1 atom stereocenters. The van der Waals surface area contributed by atoms with Crippen molar-refractivity contribution in [1.29, 1.82) is 0 Å². The summed E-state index contributed by atoms with van der Waals surface area (Å²) in [5.41, 5.74) is 3.38. The van der Waals surface area contributed by atoms with Gasteiger partial charge in [0.2, 0.25) is 6.17 Å². The fourth-order valence-corrected chi connectivity index (χ4v) is 0.992. The number of nitrogens with zero attached hydrogens (tertiary/aromatic N) is 1. The van der Waals surface area contributed by atoms with Crippen LogP contribution in [-0.4, -0.2) is 10.8 Å². The molecule has 0 aliphatic heterocycles. The van der Waals surface area contributed by atoms with Crippen molar-refractivity contribution in [3.8, 4) is 0 Å². The van der Waals surface area contributed by atoms with E-state index < -0.39 is 34.1 Å². The number of nitro groups is 1. The Hall–Kier alpha value is -2.05. The molecule has 0 aliphatic rings. The van der Waals surface area contributed by atoms with Gasteiger partial charge in [0.1, 0.15) is 5.82 Å². The molecule has 0 fully saturated rings. The molecule has 1 aromatic carbocycles. The number of nitro benzene ring substituents is 1. The third kappa shape index (κ3) is 2.25. The lowest BCUT2D eigenvalue weighted by molar-refractivity contribution is -0.385. The second-order valence-electron chi connectivity index (χ2n) is 2.73. The highest BCUT2D eigenvalue weighted by Crippen LogP contribution is 2.24. The number of carbonyl (C=O) groups excluding carboxylic acids is 1. The van der Waals surface area contributed by atoms with Crippen molar-refractivity contribution in [1.82, 2.24) is 0 Å². The number of amides is 1. The summed E-state index contributed by atoms with van der Waals surface area (Å²) < 4.78 is 26.0. The first kappa shape index (κ1) is 11.0. The van der Waals surface area contributed by atoms with Crippen LogP contribution in [0.2, 0.25) is 0 Å². The first-order chi connectivity index (χ1) is 6.93. The molecule has 0 bridgehead atoms. The summed E-state index contributed by atoms with van der Waals surface area (Å²) in [5, 5.41) is 10.3. The number of carbonyl (C=O) groups is 1. The highest BCUT2D eigenvalue weighted by Gasteiger charge is 2.23. The number of benzene rings is 1. The Labute approximate surface area is 82.6 Å². The van der Waals surface area contributed by atoms with Crippen molar-refractivity contribution in [2.75, 3.05) is 0 Å². The monoisotopic (exact) mass is 216 g/mol. The Morgan fingerprint density at radius 3 is 2.60 bits per heavy atom. The zero-order chi connectivity index (χ0) is 11.6. The average molecular weight is 216 g/mol. The summed E-state index contributed by atoms with van der Waals surface area (Å²) in [6.07, 6.45) is -2.38. The fraction of sp³-hybridized carbons (Fsp3) is 0.125. The predicted octanol–water partition coefficient (Wildman–Crippen LogP) is 1.23. The minimum atomic E-state index is -2.38. The number of primary amides is 1. The van der Waals surface area contributed by atoms with Gasteiger partial charge >= 0.3 is 0 Å². The van der Waals surface area contributed by atoms with E-state index in [-0.39, 0.29) is 0 Å². The smallest absolute Gasteiger partial charge is 0.270 e. The van der Waals surface area contributed by atoms with Crippen molar-refractivity contribution in [2.24, 2.45) is 5.73 Å². The van der Waals surface area contributed by atoms with Gasteiger partial charge in [-0.2, -0.15) is 0 Å². The van der Waals surface area contributed by atoms with E-state index in [1.54, 1.807) is 0 Å². The van der Waals surface area contributed by atoms with Gasteiger partial charge in [0.15, 0.2) is 0 Å². The van der Waals surface area contributed by atoms with Crippen LogP contribution in [0.15, 0.2) is 18.2 Å². The lowest BCUT2D eigenvalue weighted by Gasteiger charge is -2.04. The van der Waals surface area contributed by atoms with Crippen molar-refractivity contribution >= 4 is 11.6 Å². The third-order valence-electron chi connectivity index (χ3n) is 1.71. The molecule has 1 aromatic rings. The Bertz CT molecular complexity index is 422. The molecule has 7 heteroatoms. The Morgan fingerprint density at radius 2 is 2.13 bits per heavy atom. The number of hydrogen-bond acceptors (Lipinski definition) is 3. The number of hydrogen-bond donors (Lipinski definition) is 1. The molecule has 0 aromatic heterocycles. The van der Waals surface area contributed by atoms with Gasteiger partial charge in [0.25, 0.3) is 11.6 Å². The second kappa shape index (κ2) is 3.99. The van der Waals surface area contributed by atoms with Gasteiger partial charge < -0.3 is 5.73 Å². The van der Waals surface area contributed by atoms with Crippen molar-refractivity contribution in [3.63, 3.8) is 0 Å². The van der Waals surface area contributed by atoms with Crippen LogP contribution < -0.4 is 5.73 Å². The molecular formula is C8H6F2N2O3. The lowest BCUT2D eigenvalue weighted by atomic mass is 10.1. The van der Waals surface area contributed by atoms with Crippen LogP contribution in [0.25, 0.3) is 0 Å². The summed E-state index contributed by atoms with van der Waals surface area (Å²) in [4.78, 5) is 19.9. The Kier molecular flexibility index (Phi) is 2.93. The molecular weight excluding hydrogens is 210 g/mol. The molecule has 80 valence electrons. The zero-order valence-electron chi connectivity index (χ0n) is 7.31. The van der Waals surface area contributed by atoms with Gasteiger partial charge in [-0.05, 0) is 6.07 Å². The van der Waals surface area contributed by atoms with Crippen LogP contribution in [0.3, 0.4) is 0 Å². The molecule has 1 rings (SSSR count). The van der Waals surface area contributed by atoms with Crippen molar-refractivity contribution in [3.05, 3.63) is 39.7 Å². The molecule has 1 unspecified atom stereocenters. The molecule has 0 aliphatic carbocycles. The van der Waals surface area contributed by atoms with Gasteiger partial charge in [-0.15, -0.1) is 0 Å². The van der Waals surface area contributed by atoms with E-state index in [2.05, 4.69) is 5.73 Å². The van der Waals surface area contributed by atoms with Crippen LogP contribution >= 0.6 is 0 Å². The van der Waals surface area contributed by atoms with Gasteiger partial charge in [-0.3, -0.25) is 14.9 Å². The minimum absolute atomic E-state index is 0.504. The summed E-state index contributed by atoms with van der Waals surface area (Å²) >= 11 is 0. The van der Waals surface area contributed by atoms with E-state index in [4.69, 9.17) is 0 Å².